The molecular formula is C24H28N2O5. The molecule has 1 aliphatic rings. The fourth-order valence-electron chi connectivity index (χ4n) is 3.58. The average molecular weight is 424 g/mol. The minimum absolute atomic E-state index is 0.0829. The van der Waals surface area contributed by atoms with Gasteiger partial charge in [-0.25, -0.2) is 4.79 Å². The molecule has 1 aliphatic carbocycles. The predicted octanol–water partition coefficient (Wildman–Crippen LogP) is 3.72. The molecule has 0 amide bonds. The van der Waals surface area contributed by atoms with Crippen molar-refractivity contribution in [2.45, 2.75) is 38.4 Å². The molecule has 164 valence electrons. The van der Waals surface area contributed by atoms with Gasteiger partial charge in [-0.1, -0.05) is 12.1 Å². The molecule has 0 bridgehead atoms. The fraction of sp³-hybridized carbons (Fsp3) is 0.333. The van der Waals surface area contributed by atoms with Crippen molar-refractivity contribution in [3.63, 3.8) is 0 Å². The molecule has 7 heteroatoms. The van der Waals surface area contributed by atoms with Crippen molar-refractivity contribution in [3.8, 4) is 5.75 Å². The molecule has 2 aromatic carbocycles. The summed E-state index contributed by atoms with van der Waals surface area (Å²) >= 11 is 0. The van der Waals surface area contributed by atoms with Gasteiger partial charge in [0.15, 0.2) is 0 Å². The Bertz CT molecular complexity index is 911. The standard InChI is InChI=1S/C24H28N2O5/c1-29-21-9-5-18(6-10-21)24(28)31-22-7-2-16(3-8-22)4-11-23(27)30-15-17-12-19(25)14-20(26)13-17/h2-4,7-8,11-14,18,21H,5-6,9-10,15,25-26H2,1H3. The van der Waals surface area contributed by atoms with Gasteiger partial charge in [0.1, 0.15) is 12.4 Å². The maximum Gasteiger partial charge on any atom is 0.331 e. The molecule has 0 aliphatic heterocycles. The summed E-state index contributed by atoms with van der Waals surface area (Å²) in [7, 11) is 1.70. The molecule has 2 aromatic rings. The van der Waals surface area contributed by atoms with Gasteiger partial charge in [-0.2, -0.15) is 0 Å². The number of nitrogen functional groups attached to an aromatic ring is 2. The Hall–Kier alpha value is -3.32. The summed E-state index contributed by atoms with van der Waals surface area (Å²) in [6, 6.07) is 12.0. The Morgan fingerprint density at radius 2 is 1.65 bits per heavy atom. The van der Waals surface area contributed by atoms with Crippen molar-refractivity contribution in [1.29, 1.82) is 0 Å². The minimum Gasteiger partial charge on any atom is -0.458 e. The first-order valence-corrected chi connectivity index (χ1v) is 10.3. The van der Waals surface area contributed by atoms with E-state index < -0.39 is 5.97 Å². The Morgan fingerprint density at radius 3 is 2.26 bits per heavy atom. The van der Waals surface area contributed by atoms with Gasteiger partial charge < -0.3 is 25.7 Å². The van der Waals surface area contributed by atoms with Gasteiger partial charge in [0.05, 0.1) is 12.0 Å². The third-order valence-corrected chi connectivity index (χ3v) is 5.27. The van der Waals surface area contributed by atoms with Crippen LogP contribution in [0.1, 0.15) is 36.8 Å². The first kappa shape index (κ1) is 22.4. The van der Waals surface area contributed by atoms with E-state index in [1.165, 1.54) is 6.08 Å². The Labute approximate surface area is 182 Å². The summed E-state index contributed by atoms with van der Waals surface area (Å²) < 4.78 is 16.0. The number of esters is 2. The lowest BCUT2D eigenvalue weighted by molar-refractivity contribution is -0.141. The second kappa shape index (κ2) is 10.6. The van der Waals surface area contributed by atoms with Crippen molar-refractivity contribution in [2.24, 2.45) is 5.92 Å². The first-order chi connectivity index (χ1) is 14.9. The number of hydrogen-bond acceptors (Lipinski definition) is 7. The number of carbonyl (C=O) groups is 2. The van der Waals surface area contributed by atoms with Gasteiger partial charge in [0, 0.05) is 24.6 Å². The molecule has 31 heavy (non-hydrogen) atoms. The van der Waals surface area contributed by atoms with Crippen molar-refractivity contribution in [1.82, 2.24) is 0 Å². The third-order valence-electron chi connectivity index (χ3n) is 5.27. The second-order valence-electron chi connectivity index (χ2n) is 7.65. The molecule has 0 aromatic heterocycles. The third kappa shape index (κ3) is 6.86. The smallest absolute Gasteiger partial charge is 0.331 e. The number of carbonyl (C=O) groups excluding carboxylic acids is 2. The molecule has 0 heterocycles. The van der Waals surface area contributed by atoms with Gasteiger partial charge in [0.25, 0.3) is 0 Å². The van der Waals surface area contributed by atoms with Crippen LogP contribution < -0.4 is 16.2 Å². The maximum atomic E-state index is 12.3. The number of nitrogens with two attached hydrogens (primary N) is 2. The van der Waals surface area contributed by atoms with Crippen molar-refractivity contribution in [2.75, 3.05) is 18.6 Å². The number of hydrogen-bond donors (Lipinski definition) is 2. The number of anilines is 2. The Kier molecular flexibility index (Phi) is 7.67. The molecule has 4 N–H and O–H groups in total. The highest BCUT2D eigenvalue weighted by atomic mass is 16.5. The molecule has 1 saturated carbocycles. The number of rotatable bonds is 7. The first-order valence-electron chi connectivity index (χ1n) is 10.3. The van der Waals surface area contributed by atoms with Crippen LogP contribution in [0.4, 0.5) is 11.4 Å². The van der Waals surface area contributed by atoms with Crippen LogP contribution in [-0.4, -0.2) is 25.2 Å². The summed E-state index contributed by atoms with van der Waals surface area (Å²) in [5, 5.41) is 0. The van der Waals surface area contributed by atoms with Crippen LogP contribution in [0.15, 0.2) is 48.5 Å². The van der Waals surface area contributed by atoms with Gasteiger partial charge in [0.2, 0.25) is 0 Å². The second-order valence-corrected chi connectivity index (χ2v) is 7.65. The van der Waals surface area contributed by atoms with Crippen LogP contribution in [0.25, 0.3) is 6.08 Å². The predicted molar refractivity (Wildman–Crippen MR) is 119 cm³/mol. The zero-order valence-corrected chi connectivity index (χ0v) is 17.6. The zero-order valence-electron chi connectivity index (χ0n) is 17.6. The minimum atomic E-state index is -0.483. The van der Waals surface area contributed by atoms with E-state index in [9.17, 15) is 9.59 Å². The maximum absolute atomic E-state index is 12.3. The largest absolute Gasteiger partial charge is 0.458 e. The highest BCUT2D eigenvalue weighted by molar-refractivity contribution is 5.87. The van der Waals surface area contributed by atoms with E-state index in [4.69, 9.17) is 25.7 Å². The molecular weight excluding hydrogens is 396 g/mol. The van der Waals surface area contributed by atoms with E-state index in [0.29, 0.717) is 17.1 Å². The molecule has 7 nitrogen and oxygen atoms in total. The van der Waals surface area contributed by atoms with E-state index in [2.05, 4.69) is 0 Å². The fourth-order valence-corrected chi connectivity index (χ4v) is 3.58. The Balaban J connectivity index is 1.46. The topological polar surface area (TPSA) is 114 Å². The highest BCUT2D eigenvalue weighted by Crippen LogP contribution is 2.27. The SMILES string of the molecule is COC1CCC(C(=O)Oc2ccc(C=CC(=O)OCc3cc(N)cc(N)c3)cc2)CC1. The van der Waals surface area contributed by atoms with Gasteiger partial charge in [-0.3, -0.25) is 4.79 Å². The number of benzene rings is 2. The molecule has 0 spiro atoms. The molecule has 0 atom stereocenters. The van der Waals surface area contributed by atoms with Crippen molar-refractivity contribution >= 4 is 29.4 Å². The van der Waals surface area contributed by atoms with E-state index >= 15 is 0 Å². The van der Waals surface area contributed by atoms with Crippen LogP contribution in [0.2, 0.25) is 0 Å². The van der Waals surface area contributed by atoms with E-state index in [1.807, 2.05) is 0 Å². The molecule has 0 unspecified atom stereocenters. The van der Waals surface area contributed by atoms with E-state index in [0.717, 1.165) is 36.8 Å². The number of ether oxygens (including phenoxy) is 3. The average Bonchev–Trinajstić information content (AvgIpc) is 2.76. The lowest BCUT2D eigenvalue weighted by Gasteiger charge is -2.26. The monoisotopic (exact) mass is 424 g/mol. The normalized spacial score (nSPS) is 18.6. The Morgan fingerprint density at radius 1 is 1.00 bits per heavy atom. The van der Waals surface area contributed by atoms with E-state index in [1.54, 1.807) is 55.7 Å². The quantitative estimate of drug-likeness (QED) is 0.301. The lowest BCUT2D eigenvalue weighted by Crippen LogP contribution is -2.28. The van der Waals surface area contributed by atoms with Gasteiger partial charge in [-0.15, -0.1) is 0 Å². The zero-order chi connectivity index (χ0) is 22.2. The van der Waals surface area contributed by atoms with Crippen LogP contribution >= 0.6 is 0 Å². The molecule has 3 rings (SSSR count). The summed E-state index contributed by atoms with van der Waals surface area (Å²) in [5.41, 5.74) is 14.0. The summed E-state index contributed by atoms with van der Waals surface area (Å²) in [6.45, 7) is 0.0829. The van der Waals surface area contributed by atoms with Gasteiger partial charge in [-0.05, 0) is 73.2 Å². The van der Waals surface area contributed by atoms with Crippen LogP contribution in [0.3, 0.4) is 0 Å². The lowest BCUT2D eigenvalue weighted by atomic mass is 9.87. The van der Waals surface area contributed by atoms with Crippen LogP contribution in [0.5, 0.6) is 5.75 Å². The summed E-state index contributed by atoms with van der Waals surface area (Å²) in [4.78, 5) is 24.3. The summed E-state index contributed by atoms with van der Waals surface area (Å²) in [5.74, 6) is -0.291. The van der Waals surface area contributed by atoms with Crippen LogP contribution in [-0.2, 0) is 25.7 Å². The summed E-state index contributed by atoms with van der Waals surface area (Å²) in [6.07, 6.45) is 6.52. The highest BCUT2D eigenvalue weighted by Gasteiger charge is 2.27. The number of methoxy groups -OCH3 is 1. The van der Waals surface area contributed by atoms with Crippen molar-refractivity contribution in [3.05, 3.63) is 59.7 Å². The van der Waals surface area contributed by atoms with Crippen molar-refractivity contribution < 1.29 is 23.8 Å². The van der Waals surface area contributed by atoms with Gasteiger partial charge >= 0.3 is 11.9 Å². The van der Waals surface area contributed by atoms with E-state index in [-0.39, 0.29) is 24.6 Å². The molecule has 1 fully saturated rings. The molecule has 0 radical (unpaired) electrons. The molecule has 0 saturated heterocycles. The van der Waals surface area contributed by atoms with Crippen LogP contribution in [0, 0.1) is 5.92 Å².